The first kappa shape index (κ1) is 26.1. The molecule has 1 aliphatic rings. The van der Waals surface area contributed by atoms with Gasteiger partial charge in [-0.05, 0) is 24.6 Å². The first-order valence-corrected chi connectivity index (χ1v) is 11.3. The second kappa shape index (κ2) is 9.47. The van der Waals surface area contributed by atoms with E-state index >= 15 is 0 Å². The predicted octanol–water partition coefficient (Wildman–Crippen LogP) is 3.35. The van der Waals surface area contributed by atoms with Crippen LogP contribution in [0.4, 0.5) is 0 Å². The largest absolute Gasteiger partial charge is 0.508 e. The summed E-state index contributed by atoms with van der Waals surface area (Å²) in [7, 11) is 0. The van der Waals surface area contributed by atoms with Crippen molar-refractivity contribution in [3.8, 4) is 51.7 Å². The lowest BCUT2D eigenvalue weighted by molar-refractivity contribution is -0.138. The van der Waals surface area contributed by atoms with E-state index in [-0.39, 0.29) is 34.6 Å². The number of carbonyl (C=O) groups excluding carboxylic acids is 1. The normalized spacial score (nSPS) is 16.5. The third kappa shape index (κ3) is 4.47. The van der Waals surface area contributed by atoms with Crippen LogP contribution in [0.15, 0.2) is 30.3 Å². The van der Waals surface area contributed by atoms with Gasteiger partial charge in [-0.25, -0.2) is 4.79 Å². The van der Waals surface area contributed by atoms with Crippen molar-refractivity contribution in [1.29, 1.82) is 0 Å². The van der Waals surface area contributed by atoms with Gasteiger partial charge in [0.1, 0.15) is 23.4 Å². The molecule has 3 aromatic rings. The molecule has 0 fully saturated rings. The number of carbonyl (C=O) groups is 2. The van der Waals surface area contributed by atoms with Crippen molar-refractivity contribution in [2.24, 2.45) is 5.92 Å². The number of phenols is 7. The Hall–Kier alpha value is -5.00. The van der Waals surface area contributed by atoms with Crippen LogP contribution in [0.2, 0.25) is 0 Å². The molecule has 0 radical (unpaired) electrons. The number of carboxylic acids is 1. The zero-order valence-corrected chi connectivity index (χ0v) is 20.0. The molecule has 1 unspecified atom stereocenters. The van der Waals surface area contributed by atoms with E-state index < -0.39 is 75.7 Å². The summed E-state index contributed by atoms with van der Waals surface area (Å²) in [6.45, 7) is 3.01. The molecule has 0 aliphatic carbocycles. The van der Waals surface area contributed by atoms with Gasteiger partial charge in [0, 0.05) is 34.7 Å². The van der Waals surface area contributed by atoms with Crippen LogP contribution in [0.25, 0.3) is 0 Å². The van der Waals surface area contributed by atoms with Crippen LogP contribution >= 0.6 is 0 Å². The van der Waals surface area contributed by atoms with E-state index in [1.165, 1.54) is 19.9 Å². The molecule has 0 bridgehead atoms. The number of carboxylic acid groups (broad SMARTS) is 1. The van der Waals surface area contributed by atoms with Crippen LogP contribution in [0.5, 0.6) is 51.7 Å². The Kier molecular flexibility index (Phi) is 6.49. The van der Waals surface area contributed by atoms with Gasteiger partial charge in [0.25, 0.3) is 0 Å². The molecule has 0 aromatic heterocycles. The van der Waals surface area contributed by atoms with Crippen LogP contribution in [0.3, 0.4) is 0 Å². The summed E-state index contributed by atoms with van der Waals surface area (Å²) in [5.74, 6) is -9.71. The van der Waals surface area contributed by atoms with Crippen LogP contribution in [0.1, 0.15) is 52.9 Å². The number of aromatic carboxylic acids is 1. The van der Waals surface area contributed by atoms with Gasteiger partial charge < -0.3 is 50.3 Å². The molecule has 4 rings (SSSR count). The van der Waals surface area contributed by atoms with Gasteiger partial charge in [-0.1, -0.05) is 13.8 Å². The fourth-order valence-corrected chi connectivity index (χ4v) is 4.34. The smallest absolute Gasteiger partial charge is 0.336 e. The summed E-state index contributed by atoms with van der Waals surface area (Å²) in [6.07, 6.45) is -1.52. The molecule has 0 saturated carbocycles. The highest BCUT2D eigenvalue weighted by atomic mass is 16.5. The second-order valence-electron chi connectivity index (χ2n) is 9.11. The number of rotatable bonds is 5. The lowest BCUT2D eigenvalue weighted by atomic mass is 9.79. The van der Waals surface area contributed by atoms with E-state index in [4.69, 9.17) is 9.47 Å². The maximum Gasteiger partial charge on any atom is 0.336 e. The molecule has 0 spiro atoms. The van der Waals surface area contributed by atoms with Gasteiger partial charge in [0.05, 0.1) is 11.5 Å². The fraction of sp³-hybridized carbons (Fsp3) is 0.231. The molecule has 0 saturated heterocycles. The highest BCUT2D eigenvalue weighted by Gasteiger charge is 2.40. The van der Waals surface area contributed by atoms with E-state index in [0.717, 1.165) is 24.3 Å². The van der Waals surface area contributed by atoms with Gasteiger partial charge in [-0.15, -0.1) is 0 Å². The minimum atomic E-state index is -1.57. The summed E-state index contributed by atoms with van der Waals surface area (Å²) in [6, 6.07) is 5.08. The Morgan fingerprint density at radius 3 is 2.08 bits per heavy atom. The highest BCUT2D eigenvalue weighted by molar-refractivity contribution is 5.93. The Morgan fingerprint density at radius 1 is 0.868 bits per heavy atom. The first-order chi connectivity index (χ1) is 17.8. The first-order valence-electron chi connectivity index (χ1n) is 11.3. The molecule has 3 aromatic carbocycles. The number of benzene rings is 3. The van der Waals surface area contributed by atoms with E-state index in [0.29, 0.717) is 0 Å². The lowest BCUT2D eigenvalue weighted by Gasteiger charge is -2.36. The number of fused-ring (bicyclic) bond motifs is 1. The van der Waals surface area contributed by atoms with Gasteiger partial charge in [-0.3, -0.25) is 4.79 Å². The Labute approximate surface area is 214 Å². The van der Waals surface area contributed by atoms with E-state index in [2.05, 4.69) is 0 Å². The maximum absolute atomic E-state index is 12.2. The van der Waals surface area contributed by atoms with Crippen molar-refractivity contribution in [2.75, 3.05) is 0 Å². The maximum atomic E-state index is 12.2. The number of phenolic OH excluding ortho intramolecular Hbond substituents is 7. The van der Waals surface area contributed by atoms with Crippen molar-refractivity contribution in [3.63, 3.8) is 0 Å². The Bertz CT molecular complexity index is 1440. The SMILES string of the molecule is CC(C)C(=O)Oc1c(O)cc(C(=O)O)c(C2Cc3c(O)cc(O)cc3O[C@H]2c2cc(O)c(O)c(O)c2)c1O. The van der Waals surface area contributed by atoms with Crippen LogP contribution in [0, 0.1) is 5.92 Å². The van der Waals surface area contributed by atoms with Crippen molar-refractivity contribution >= 4 is 11.9 Å². The van der Waals surface area contributed by atoms with E-state index in [1.54, 1.807) is 0 Å². The average molecular weight is 528 g/mol. The number of hydrogen-bond acceptors (Lipinski definition) is 11. The molecule has 8 N–H and O–H groups in total. The highest BCUT2D eigenvalue weighted by Crippen LogP contribution is 2.54. The zero-order chi connectivity index (χ0) is 28.0. The molecular weight excluding hydrogens is 504 g/mol. The molecule has 0 amide bonds. The lowest BCUT2D eigenvalue weighted by Crippen LogP contribution is -2.26. The summed E-state index contributed by atoms with van der Waals surface area (Å²) in [4.78, 5) is 24.4. The van der Waals surface area contributed by atoms with Crippen LogP contribution in [-0.2, 0) is 11.2 Å². The molecular formula is C26H24O12. The topological polar surface area (TPSA) is 214 Å². The van der Waals surface area contributed by atoms with Crippen molar-refractivity contribution < 1.29 is 59.9 Å². The third-order valence-electron chi connectivity index (χ3n) is 6.18. The van der Waals surface area contributed by atoms with Gasteiger partial charge in [-0.2, -0.15) is 0 Å². The Morgan fingerprint density at radius 2 is 1.50 bits per heavy atom. The number of ether oxygens (including phenoxy) is 2. The molecule has 200 valence electrons. The third-order valence-corrected chi connectivity index (χ3v) is 6.18. The standard InChI is InChI=1S/C26H24O12/c1-9(2)26(36)38-24-18(31)8-14(25(34)35)20(22(24)33)13-7-12-15(28)5-11(27)6-19(12)37-23(13)10-3-16(29)21(32)17(30)4-10/h3-6,8-9,13,23,27-33H,7H2,1-2H3,(H,34,35)/t13?,23-/m0/s1. The predicted molar refractivity (Wildman–Crippen MR) is 128 cm³/mol. The van der Waals surface area contributed by atoms with Gasteiger partial charge in [0.2, 0.25) is 5.75 Å². The van der Waals surface area contributed by atoms with Crippen LogP contribution in [-0.4, -0.2) is 52.8 Å². The number of esters is 1. The molecule has 1 aliphatic heterocycles. The zero-order valence-electron chi connectivity index (χ0n) is 20.0. The summed E-state index contributed by atoms with van der Waals surface area (Å²) < 4.78 is 11.1. The van der Waals surface area contributed by atoms with Crippen molar-refractivity contribution in [3.05, 3.63) is 52.6 Å². The summed E-state index contributed by atoms with van der Waals surface area (Å²) >= 11 is 0. The molecule has 38 heavy (non-hydrogen) atoms. The molecule has 1 heterocycles. The second-order valence-corrected chi connectivity index (χ2v) is 9.11. The summed E-state index contributed by atoms with van der Waals surface area (Å²) in [5, 5.41) is 81.9. The van der Waals surface area contributed by atoms with Crippen LogP contribution < -0.4 is 9.47 Å². The molecule has 12 nitrogen and oxygen atoms in total. The van der Waals surface area contributed by atoms with Crippen molar-refractivity contribution in [2.45, 2.75) is 32.3 Å². The molecule has 12 heteroatoms. The minimum Gasteiger partial charge on any atom is -0.508 e. The van der Waals surface area contributed by atoms with E-state index in [9.17, 15) is 50.4 Å². The quantitative estimate of drug-likeness (QED) is 0.136. The van der Waals surface area contributed by atoms with E-state index in [1.807, 2.05) is 0 Å². The fourth-order valence-electron chi connectivity index (χ4n) is 4.34. The monoisotopic (exact) mass is 528 g/mol. The summed E-state index contributed by atoms with van der Waals surface area (Å²) in [5.41, 5.74) is -0.796. The van der Waals surface area contributed by atoms with Gasteiger partial charge in [0.15, 0.2) is 28.7 Å². The average Bonchev–Trinajstić information content (AvgIpc) is 2.83. The Balaban J connectivity index is 2.00. The van der Waals surface area contributed by atoms with Crippen molar-refractivity contribution in [1.82, 2.24) is 0 Å². The molecule has 2 atom stereocenters. The van der Waals surface area contributed by atoms with Gasteiger partial charge >= 0.3 is 11.9 Å². The minimum absolute atomic E-state index is 0.0146. The number of hydrogen-bond donors (Lipinski definition) is 8. The number of aromatic hydroxyl groups is 7.